The average molecular weight is 394 g/mol. The highest BCUT2D eigenvalue weighted by Crippen LogP contribution is 2.35. The minimum Gasteiger partial charge on any atom is -0.464 e. The number of furan rings is 1. The molecule has 2 heterocycles. The van der Waals surface area contributed by atoms with E-state index in [0.717, 1.165) is 39.6 Å². The van der Waals surface area contributed by atoms with Crippen LogP contribution in [0.25, 0.3) is 33.1 Å². The summed E-state index contributed by atoms with van der Waals surface area (Å²) in [5.41, 5.74) is 11.9. The van der Waals surface area contributed by atoms with Crippen LogP contribution >= 0.6 is 0 Å². The number of primary amides is 1. The first-order valence-electron chi connectivity index (χ1n) is 10.1. The molecule has 3 aromatic carbocycles. The summed E-state index contributed by atoms with van der Waals surface area (Å²) in [6.45, 7) is 2.89. The van der Waals surface area contributed by atoms with Gasteiger partial charge in [0, 0.05) is 28.4 Å². The lowest BCUT2D eigenvalue weighted by Gasteiger charge is -2.12. The zero-order valence-corrected chi connectivity index (χ0v) is 16.8. The van der Waals surface area contributed by atoms with Crippen LogP contribution in [0, 0.1) is 0 Å². The lowest BCUT2D eigenvalue weighted by atomic mass is 10.0. The van der Waals surface area contributed by atoms with Gasteiger partial charge in [0.1, 0.15) is 5.76 Å². The molecule has 4 nitrogen and oxygen atoms in total. The molecule has 0 unspecified atom stereocenters. The Morgan fingerprint density at radius 2 is 1.77 bits per heavy atom. The number of hydrogen-bond acceptors (Lipinski definition) is 2. The first-order valence-corrected chi connectivity index (χ1v) is 10.1. The van der Waals surface area contributed by atoms with Crippen molar-refractivity contribution in [1.82, 2.24) is 4.57 Å². The van der Waals surface area contributed by atoms with Gasteiger partial charge in [-0.3, -0.25) is 4.79 Å². The molecular weight excluding hydrogens is 372 g/mol. The molecule has 30 heavy (non-hydrogen) atoms. The molecule has 0 fully saturated rings. The van der Waals surface area contributed by atoms with E-state index in [4.69, 9.17) is 10.2 Å². The molecule has 2 N–H and O–H groups in total. The van der Waals surface area contributed by atoms with Gasteiger partial charge in [-0.2, -0.15) is 0 Å². The molecule has 0 aliphatic carbocycles. The molecule has 1 amide bonds. The van der Waals surface area contributed by atoms with Crippen LogP contribution in [0.1, 0.15) is 28.4 Å². The van der Waals surface area contributed by atoms with Crippen LogP contribution in [-0.4, -0.2) is 10.5 Å². The van der Waals surface area contributed by atoms with E-state index >= 15 is 0 Å². The first-order chi connectivity index (χ1) is 14.7. The SMILES string of the molecule is CCc1ccccc1Cn1c2cc(-c3ccco3)ccc2c2c(C(N)=O)cccc21. The first kappa shape index (κ1) is 18.3. The summed E-state index contributed by atoms with van der Waals surface area (Å²) >= 11 is 0. The van der Waals surface area contributed by atoms with E-state index in [1.54, 1.807) is 12.3 Å². The maximum Gasteiger partial charge on any atom is 0.249 e. The summed E-state index contributed by atoms with van der Waals surface area (Å²) < 4.78 is 7.89. The highest BCUT2D eigenvalue weighted by atomic mass is 16.3. The summed E-state index contributed by atoms with van der Waals surface area (Å²) in [6, 6.07) is 24.3. The number of carbonyl (C=O) groups is 1. The number of nitrogens with zero attached hydrogens (tertiary/aromatic N) is 1. The van der Waals surface area contributed by atoms with Gasteiger partial charge in [0.15, 0.2) is 0 Å². The molecule has 5 aromatic rings. The number of carbonyl (C=O) groups excluding carboxylic acids is 1. The van der Waals surface area contributed by atoms with Crippen molar-refractivity contribution < 1.29 is 9.21 Å². The Kier molecular flexibility index (Phi) is 4.40. The molecule has 0 saturated heterocycles. The van der Waals surface area contributed by atoms with Gasteiger partial charge < -0.3 is 14.7 Å². The van der Waals surface area contributed by atoms with Crippen LogP contribution in [0.4, 0.5) is 0 Å². The fraction of sp³-hybridized carbons (Fsp3) is 0.115. The Balaban J connectivity index is 1.82. The predicted octanol–water partition coefficient (Wildman–Crippen LogP) is 5.76. The second-order valence-electron chi connectivity index (χ2n) is 7.48. The summed E-state index contributed by atoms with van der Waals surface area (Å²) in [4.78, 5) is 12.2. The van der Waals surface area contributed by atoms with Crippen molar-refractivity contribution >= 4 is 27.7 Å². The minimum atomic E-state index is -0.413. The quantitative estimate of drug-likeness (QED) is 0.412. The monoisotopic (exact) mass is 394 g/mol. The van der Waals surface area contributed by atoms with Gasteiger partial charge in [0.2, 0.25) is 5.91 Å². The minimum absolute atomic E-state index is 0.413. The van der Waals surface area contributed by atoms with Crippen molar-refractivity contribution in [2.75, 3.05) is 0 Å². The van der Waals surface area contributed by atoms with Crippen molar-refractivity contribution in [2.45, 2.75) is 19.9 Å². The molecule has 0 radical (unpaired) electrons. The second kappa shape index (κ2) is 7.23. The van der Waals surface area contributed by atoms with Crippen molar-refractivity contribution in [3.8, 4) is 11.3 Å². The Morgan fingerprint density at radius 3 is 2.50 bits per heavy atom. The lowest BCUT2D eigenvalue weighted by Crippen LogP contribution is -2.11. The summed E-state index contributed by atoms with van der Waals surface area (Å²) in [5, 5.41) is 1.92. The summed E-state index contributed by atoms with van der Waals surface area (Å²) in [6.07, 6.45) is 2.65. The van der Waals surface area contributed by atoms with Crippen molar-refractivity contribution in [2.24, 2.45) is 5.73 Å². The zero-order chi connectivity index (χ0) is 20.7. The number of aryl methyl sites for hydroxylation is 1. The van der Waals surface area contributed by atoms with E-state index in [2.05, 4.69) is 54.0 Å². The molecule has 4 heteroatoms. The topological polar surface area (TPSA) is 61.2 Å². The third-order valence-electron chi connectivity index (χ3n) is 5.79. The molecule has 0 bridgehead atoms. The van der Waals surface area contributed by atoms with E-state index in [-0.39, 0.29) is 0 Å². The number of nitrogens with two attached hydrogens (primary N) is 1. The van der Waals surface area contributed by atoms with Gasteiger partial charge in [0.25, 0.3) is 0 Å². The number of fused-ring (bicyclic) bond motifs is 3. The van der Waals surface area contributed by atoms with Crippen molar-refractivity contribution in [1.29, 1.82) is 0 Å². The number of aromatic nitrogens is 1. The van der Waals surface area contributed by atoms with Crippen LogP contribution in [-0.2, 0) is 13.0 Å². The molecular formula is C26H22N2O2. The molecule has 0 aliphatic rings. The third-order valence-corrected chi connectivity index (χ3v) is 5.79. The number of rotatable bonds is 5. The van der Waals surface area contributed by atoms with Gasteiger partial charge in [-0.25, -0.2) is 0 Å². The van der Waals surface area contributed by atoms with Gasteiger partial charge in [-0.05, 0) is 47.9 Å². The zero-order valence-electron chi connectivity index (χ0n) is 16.8. The van der Waals surface area contributed by atoms with Crippen LogP contribution in [0.3, 0.4) is 0 Å². The molecule has 148 valence electrons. The van der Waals surface area contributed by atoms with E-state index in [1.807, 2.05) is 24.3 Å². The second-order valence-corrected chi connectivity index (χ2v) is 7.48. The van der Waals surface area contributed by atoms with E-state index < -0.39 is 5.91 Å². The van der Waals surface area contributed by atoms with Crippen LogP contribution in [0.5, 0.6) is 0 Å². The maximum atomic E-state index is 12.2. The molecule has 2 aromatic heterocycles. The highest BCUT2D eigenvalue weighted by Gasteiger charge is 2.18. The average Bonchev–Trinajstić information content (AvgIpc) is 3.41. The fourth-order valence-corrected chi connectivity index (χ4v) is 4.34. The number of amides is 1. The molecule has 5 rings (SSSR count). The predicted molar refractivity (Wildman–Crippen MR) is 121 cm³/mol. The molecule has 0 atom stereocenters. The standard InChI is InChI=1S/C26H22N2O2/c1-2-17-7-3-4-8-19(17)16-28-22-10-5-9-21(26(27)29)25(22)20-13-12-18(15-23(20)28)24-11-6-14-30-24/h3-15H,2,16H2,1H3,(H2,27,29). The fourth-order valence-electron chi connectivity index (χ4n) is 4.34. The van der Waals surface area contributed by atoms with Crippen LogP contribution in [0.15, 0.2) is 83.5 Å². The summed E-state index contributed by atoms with van der Waals surface area (Å²) in [5.74, 6) is 0.404. The largest absolute Gasteiger partial charge is 0.464 e. The third kappa shape index (κ3) is 2.89. The van der Waals surface area contributed by atoms with Gasteiger partial charge in [0.05, 0.1) is 17.3 Å². The van der Waals surface area contributed by atoms with Gasteiger partial charge >= 0.3 is 0 Å². The normalized spacial score (nSPS) is 11.4. The lowest BCUT2D eigenvalue weighted by molar-refractivity contribution is 0.100. The highest BCUT2D eigenvalue weighted by molar-refractivity contribution is 6.18. The van der Waals surface area contributed by atoms with Gasteiger partial charge in [-0.15, -0.1) is 0 Å². The van der Waals surface area contributed by atoms with E-state index in [0.29, 0.717) is 12.1 Å². The Labute approximate surface area is 174 Å². The summed E-state index contributed by atoms with van der Waals surface area (Å²) in [7, 11) is 0. The number of hydrogen-bond donors (Lipinski definition) is 1. The van der Waals surface area contributed by atoms with E-state index in [1.165, 1.54) is 11.1 Å². The Bertz CT molecular complexity index is 1380. The van der Waals surface area contributed by atoms with Crippen molar-refractivity contribution in [3.63, 3.8) is 0 Å². The van der Waals surface area contributed by atoms with Crippen LogP contribution in [0.2, 0.25) is 0 Å². The number of benzene rings is 3. The van der Waals surface area contributed by atoms with Crippen molar-refractivity contribution in [3.05, 3.63) is 95.7 Å². The smallest absolute Gasteiger partial charge is 0.249 e. The molecule has 0 saturated carbocycles. The van der Waals surface area contributed by atoms with Gasteiger partial charge in [-0.1, -0.05) is 49.4 Å². The Morgan fingerprint density at radius 1 is 0.933 bits per heavy atom. The van der Waals surface area contributed by atoms with E-state index in [9.17, 15) is 4.79 Å². The molecule has 0 aliphatic heterocycles. The molecule has 0 spiro atoms. The Hall–Kier alpha value is -3.79. The van der Waals surface area contributed by atoms with Crippen LogP contribution < -0.4 is 5.73 Å². The maximum absolute atomic E-state index is 12.2.